The number of fused-ring (bicyclic) bond motifs is 1. The van der Waals surface area contributed by atoms with E-state index in [4.69, 9.17) is 0 Å². The summed E-state index contributed by atoms with van der Waals surface area (Å²) in [5.41, 5.74) is 3.70. The molecule has 4 heteroatoms. The van der Waals surface area contributed by atoms with E-state index in [1.807, 2.05) is 0 Å². The van der Waals surface area contributed by atoms with Crippen LogP contribution in [0, 0.1) is 6.92 Å². The van der Waals surface area contributed by atoms with Gasteiger partial charge in [0.2, 0.25) is 0 Å². The number of thiophene rings is 1. The van der Waals surface area contributed by atoms with Gasteiger partial charge < -0.3 is 4.90 Å². The molecule has 2 aromatic heterocycles. The van der Waals surface area contributed by atoms with Gasteiger partial charge in [0.1, 0.15) is 6.33 Å². The van der Waals surface area contributed by atoms with Crippen molar-refractivity contribution in [3.05, 3.63) is 53.2 Å². The molecular formula is C17H17N3S. The molecule has 1 aliphatic rings. The van der Waals surface area contributed by atoms with Crippen LogP contribution in [0.4, 0.5) is 5.82 Å². The molecule has 3 aromatic rings. The van der Waals surface area contributed by atoms with Gasteiger partial charge in [-0.05, 0) is 36.8 Å². The van der Waals surface area contributed by atoms with Gasteiger partial charge in [0.05, 0.1) is 10.2 Å². The molecule has 0 radical (unpaired) electrons. The summed E-state index contributed by atoms with van der Waals surface area (Å²) in [5, 5.41) is 2.10. The molecule has 0 N–H and O–H groups in total. The maximum atomic E-state index is 4.58. The van der Waals surface area contributed by atoms with Gasteiger partial charge in [0.15, 0.2) is 5.82 Å². The second kappa shape index (κ2) is 5.11. The van der Waals surface area contributed by atoms with Gasteiger partial charge in [-0.2, -0.15) is 0 Å². The van der Waals surface area contributed by atoms with Crippen LogP contribution in [-0.4, -0.2) is 16.0 Å². The molecule has 106 valence electrons. The van der Waals surface area contributed by atoms with Crippen LogP contribution in [0.25, 0.3) is 10.2 Å². The summed E-state index contributed by atoms with van der Waals surface area (Å²) in [5.74, 6) is 1.10. The zero-order valence-electron chi connectivity index (χ0n) is 12.0. The predicted molar refractivity (Wildman–Crippen MR) is 87.8 cm³/mol. The Kier molecular flexibility index (Phi) is 3.11. The van der Waals surface area contributed by atoms with Crippen molar-refractivity contribution in [2.24, 2.45) is 0 Å². The average Bonchev–Trinajstić information content (AvgIpc) is 3.23. The molecule has 1 fully saturated rings. The van der Waals surface area contributed by atoms with E-state index in [0.717, 1.165) is 17.9 Å². The van der Waals surface area contributed by atoms with Crippen LogP contribution in [0.5, 0.6) is 0 Å². The Morgan fingerprint density at radius 2 is 1.95 bits per heavy atom. The fourth-order valence-corrected chi connectivity index (χ4v) is 3.48. The summed E-state index contributed by atoms with van der Waals surface area (Å²) in [4.78, 5) is 11.4. The number of aryl methyl sites for hydroxylation is 1. The van der Waals surface area contributed by atoms with Crippen LogP contribution >= 0.6 is 11.3 Å². The molecule has 0 bridgehead atoms. The summed E-state index contributed by atoms with van der Waals surface area (Å²) < 4.78 is 1.21. The van der Waals surface area contributed by atoms with Crippen molar-refractivity contribution < 1.29 is 0 Å². The molecule has 0 amide bonds. The fourth-order valence-electron chi connectivity index (χ4n) is 2.63. The smallest absolute Gasteiger partial charge is 0.150 e. The van der Waals surface area contributed by atoms with Crippen molar-refractivity contribution in [2.45, 2.75) is 32.4 Å². The largest absolute Gasteiger partial charge is 0.348 e. The Balaban J connectivity index is 1.71. The van der Waals surface area contributed by atoms with Gasteiger partial charge in [-0.1, -0.05) is 29.8 Å². The minimum atomic E-state index is 0.631. The van der Waals surface area contributed by atoms with Crippen LogP contribution in [0.3, 0.4) is 0 Å². The lowest BCUT2D eigenvalue weighted by Crippen LogP contribution is -2.26. The molecule has 1 saturated carbocycles. The first-order chi connectivity index (χ1) is 10.3. The van der Waals surface area contributed by atoms with Crippen molar-refractivity contribution >= 4 is 27.4 Å². The maximum Gasteiger partial charge on any atom is 0.150 e. The molecule has 3 nitrogen and oxygen atoms in total. The zero-order chi connectivity index (χ0) is 14.2. The summed E-state index contributed by atoms with van der Waals surface area (Å²) in [6, 6.07) is 11.5. The Bertz CT molecular complexity index is 759. The molecule has 0 unspecified atom stereocenters. The van der Waals surface area contributed by atoms with E-state index in [0.29, 0.717) is 6.04 Å². The lowest BCUT2D eigenvalue weighted by molar-refractivity contribution is 0.781. The number of hydrogen-bond donors (Lipinski definition) is 0. The molecule has 0 saturated heterocycles. The van der Waals surface area contributed by atoms with Crippen LogP contribution in [0.2, 0.25) is 0 Å². The van der Waals surface area contributed by atoms with Gasteiger partial charge in [0, 0.05) is 12.6 Å². The fraction of sp³-hybridized carbons (Fsp3) is 0.294. The number of rotatable bonds is 4. The van der Waals surface area contributed by atoms with E-state index < -0.39 is 0 Å². The van der Waals surface area contributed by atoms with Crippen LogP contribution in [0.15, 0.2) is 42.0 Å². The molecule has 4 rings (SSSR count). The molecule has 0 spiro atoms. The summed E-state index contributed by atoms with van der Waals surface area (Å²) in [6.45, 7) is 3.05. The van der Waals surface area contributed by atoms with E-state index in [-0.39, 0.29) is 0 Å². The monoisotopic (exact) mass is 295 g/mol. The first-order valence-corrected chi connectivity index (χ1v) is 8.19. The van der Waals surface area contributed by atoms with Crippen molar-refractivity contribution in [2.75, 3.05) is 4.90 Å². The first kappa shape index (κ1) is 12.8. The molecule has 1 aromatic carbocycles. The van der Waals surface area contributed by atoms with Crippen LogP contribution in [0.1, 0.15) is 24.0 Å². The lowest BCUT2D eigenvalue weighted by atomic mass is 10.1. The molecule has 1 aliphatic carbocycles. The predicted octanol–water partition coefficient (Wildman–Crippen LogP) is 4.17. The first-order valence-electron chi connectivity index (χ1n) is 7.31. The number of hydrogen-bond acceptors (Lipinski definition) is 4. The number of aromatic nitrogens is 2. The van der Waals surface area contributed by atoms with Crippen LogP contribution < -0.4 is 4.90 Å². The van der Waals surface area contributed by atoms with Gasteiger partial charge in [-0.25, -0.2) is 9.97 Å². The van der Waals surface area contributed by atoms with Crippen molar-refractivity contribution in [3.8, 4) is 0 Å². The Morgan fingerprint density at radius 3 is 2.71 bits per heavy atom. The quantitative estimate of drug-likeness (QED) is 0.723. The van der Waals surface area contributed by atoms with E-state index >= 15 is 0 Å². The highest BCUT2D eigenvalue weighted by Crippen LogP contribution is 2.36. The van der Waals surface area contributed by atoms with Crippen molar-refractivity contribution in [1.29, 1.82) is 0 Å². The zero-order valence-corrected chi connectivity index (χ0v) is 12.8. The highest BCUT2D eigenvalue weighted by atomic mass is 32.1. The molecule has 0 atom stereocenters. The standard InChI is InChI=1S/C17H17N3S/c1-12-2-4-13(5-3-12)10-20(14-6-7-14)17-16-15(8-9-21-16)18-11-19-17/h2-5,8-9,11,14H,6-7,10H2,1H3. The topological polar surface area (TPSA) is 29.0 Å². The summed E-state index contributed by atoms with van der Waals surface area (Å²) in [6.07, 6.45) is 4.22. The average molecular weight is 295 g/mol. The van der Waals surface area contributed by atoms with Gasteiger partial charge in [-0.3, -0.25) is 0 Å². The Hall–Kier alpha value is -1.94. The van der Waals surface area contributed by atoms with E-state index in [2.05, 4.69) is 57.5 Å². The van der Waals surface area contributed by atoms with E-state index in [1.165, 1.54) is 28.7 Å². The molecular weight excluding hydrogens is 278 g/mol. The molecule has 0 aliphatic heterocycles. The number of nitrogens with zero attached hydrogens (tertiary/aromatic N) is 3. The van der Waals surface area contributed by atoms with Gasteiger partial charge in [-0.15, -0.1) is 11.3 Å². The van der Waals surface area contributed by atoms with Crippen molar-refractivity contribution in [1.82, 2.24) is 9.97 Å². The molecule has 21 heavy (non-hydrogen) atoms. The third-order valence-corrected chi connectivity index (χ3v) is 4.86. The minimum absolute atomic E-state index is 0.631. The summed E-state index contributed by atoms with van der Waals surface area (Å²) >= 11 is 1.73. The summed E-state index contributed by atoms with van der Waals surface area (Å²) in [7, 11) is 0. The second-order valence-corrected chi connectivity index (χ2v) is 6.59. The van der Waals surface area contributed by atoms with Crippen LogP contribution in [-0.2, 0) is 6.54 Å². The minimum Gasteiger partial charge on any atom is -0.348 e. The van der Waals surface area contributed by atoms with E-state index in [9.17, 15) is 0 Å². The van der Waals surface area contributed by atoms with E-state index in [1.54, 1.807) is 17.7 Å². The highest BCUT2D eigenvalue weighted by molar-refractivity contribution is 7.17. The third-order valence-electron chi connectivity index (χ3n) is 3.96. The van der Waals surface area contributed by atoms with Gasteiger partial charge >= 0.3 is 0 Å². The highest BCUT2D eigenvalue weighted by Gasteiger charge is 2.31. The lowest BCUT2D eigenvalue weighted by Gasteiger charge is -2.24. The third kappa shape index (κ3) is 2.51. The maximum absolute atomic E-state index is 4.58. The SMILES string of the molecule is Cc1ccc(CN(c2ncnc3ccsc23)C2CC2)cc1. The Morgan fingerprint density at radius 1 is 1.14 bits per heavy atom. The number of anilines is 1. The number of benzene rings is 1. The van der Waals surface area contributed by atoms with Gasteiger partial charge in [0.25, 0.3) is 0 Å². The normalized spacial score (nSPS) is 14.5. The van der Waals surface area contributed by atoms with Crippen molar-refractivity contribution in [3.63, 3.8) is 0 Å². The second-order valence-electron chi connectivity index (χ2n) is 5.68. The molecule has 2 heterocycles. The Labute approximate surface area is 128 Å².